The fourth-order valence-corrected chi connectivity index (χ4v) is 3.87. The van der Waals surface area contributed by atoms with Crippen molar-refractivity contribution in [2.75, 3.05) is 0 Å². The molecule has 34 heavy (non-hydrogen) atoms. The topological polar surface area (TPSA) is 105 Å². The van der Waals surface area contributed by atoms with Gasteiger partial charge >= 0.3 is 23.9 Å². The van der Waals surface area contributed by atoms with E-state index in [0.29, 0.717) is 11.5 Å². The lowest BCUT2D eigenvalue weighted by Crippen LogP contribution is -2.13. The number of hydrogen-bond donors (Lipinski definition) is 0. The van der Waals surface area contributed by atoms with Gasteiger partial charge in [-0.15, -0.1) is 0 Å². The smallest absolute Gasteiger partial charge is 0.350 e. The van der Waals surface area contributed by atoms with Crippen LogP contribution in [0.5, 0.6) is 23.0 Å². The lowest BCUT2D eigenvalue weighted by molar-refractivity contribution is 0.0424. The molecule has 0 bridgehead atoms. The molecule has 5 rings (SSSR count). The second-order valence-corrected chi connectivity index (χ2v) is 8.82. The molecule has 3 aromatic carbocycles. The van der Waals surface area contributed by atoms with Gasteiger partial charge in [0.25, 0.3) is 0 Å². The molecule has 0 radical (unpaired) electrons. The highest BCUT2D eigenvalue weighted by molar-refractivity contribution is 6.16. The van der Waals surface area contributed by atoms with Crippen molar-refractivity contribution in [2.45, 2.75) is 26.2 Å². The summed E-state index contributed by atoms with van der Waals surface area (Å²) in [5, 5.41) is 0. The zero-order valence-corrected chi connectivity index (χ0v) is 18.5. The van der Waals surface area contributed by atoms with Crippen LogP contribution in [-0.2, 0) is 14.9 Å². The van der Waals surface area contributed by atoms with Crippen LogP contribution in [0.15, 0.2) is 54.6 Å². The Labute approximate surface area is 194 Å². The van der Waals surface area contributed by atoms with E-state index in [0.717, 1.165) is 5.56 Å². The van der Waals surface area contributed by atoms with Crippen molar-refractivity contribution in [3.8, 4) is 23.0 Å². The summed E-state index contributed by atoms with van der Waals surface area (Å²) in [6.45, 7) is 5.92. The van der Waals surface area contributed by atoms with E-state index in [-0.39, 0.29) is 33.8 Å². The van der Waals surface area contributed by atoms with Gasteiger partial charge in [-0.1, -0.05) is 32.9 Å². The summed E-state index contributed by atoms with van der Waals surface area (Å²) in [7, 11) is 0. The summed E-state index contributed by atoms with van der Waals surface area (Å²) in [6, 6.07) is 14.4. The normalized spacial score (nSPS) is 14.4. The number of esters is 4. The Kier molecular flexibility index (Phi) is 4.75. The predicted molar refractivity (Wildman–Crippen MR) is 118 cm³/mol. The highest BCUT2D eigenvalue weighted by Gasteiger charge is 2.35. The Morgan fingerprint density at radius 3 is 1.68 bits per heavy atom. The third kappa shape index (κ3) is 3.49. The van der Waals surface area contributed by atoms with Crippen molar-refractivity contribution < 1.29 is 38.1 Å². The van der Waals surface area contributed by atoms with E-state index in [1.54, 1.807) is 42.5 Å². The Bertz CT molecular complexity index is 1410. The maximum absolute atomic E-state index is 12.2. The maximum Gasteiger partial charge on any atom is 0.350 e. The van der Waals surface area contributed by atoms with Crippen LogP contribution in [0.3, 0.4) is 0 Å². The highest BCUT2D eigenvalue weighted by Crippen LogP contribution is 2.41. The van der Waals surface area contributed by atoms with E-state index in [1.807, 2.05) is 20.8 Å². The Morgan fingerprint density at radius 2 is 1.15 bits per heavy atom. The zero-order chi connectivity index (χ0) is 24.2. The van der Waals surface area contributed by atoms with E-state index in [4.69, 9.17) is 14.2 Å². The molecule has 0 N–H and O–H groups in total. The van der Waals surface area contributed by atoms with E-state index in [2.05, 4.69) is 4.74 Å². The van der Waals surface area contributed by atoms with Gasteiger partial charge in [-0.2, -0.15) is 0 Å². The van der Waals surface area contributed by atoms with Crippen LogP contribution in [-0.4, -0.2) is 23.9 Å². The summed E-state index contributed by atoms with van der Waals surface area (Å²) >= 11 is 0. The van der Waals surface area contributed by atoms with Crippen molar-refractivity contribution >= 4 is 23.9 Å². The highest BCUT2D eigenvalue weighted by atomic mass is 16.6. The molecular formula is C26H18O8. The third-order valence-corrected chi connectivity index (χ3v) is 5.48. The monoisotopic (exact) mass is 458 g/mol. The first kappa shape index (κ1) is 21.4. The average molecular weight is 458 g/mol. The summed E-state index contributed by atoms with van der Waals surface area (Å²) in [6.07, 6.45) is 0. The molecule has 170 valence electrons. The standard InChI is InChI=1S/C26H18O8/c1-26(2,3)16-12-13(31-18-8-4-6-14-20(18)24(29)33-22(14)27)10-11-17(16)32-19-9-5-7-15-21(19)25(30)34-23(15)28/h4-12H,1-3H3. The Hall–Kier alpha value is -4.46. The first-order valence-electron chi connectivity index (χ1n) is 10.4. The zero-order valence-electron chi connectivity index (χ0n) is 18.5. The van der Waals surface area contributed by atoms with Crippen molar-refractivity contribution in [3.63, 3.8) is 0 Å². The molecule has 0 aromatic heterocycles. The number of fused-ring (bicyclic) bond motifs is 2. The molecule has 0 atom stereocenters. The molecule has 0 spiro atoms. The van der Waals surface area contributed by atoms with Crippen LogP contribution in [0.4, 0.5) is 0 Å². The number of cyclic esters (lactones) is 4. The summed E-state index contributed by atoms with van der Waals surface area (Å²) in [5.74, 6) is -1.68. The van der Waals surface area contributed by atoms with Gasteiger partial charge in [-0.05, 0) is 47.9 Å². The summed E-state index contributed by atoms with van der Waals surface area (Å²) in [4.78, 5) is 48.0. The Morgan fingerprint density at radius 1 is 0.618 bits per heavy atom. The minimum Gasteiger partial charge on any atom is -0.456 e. The third-order valence-electron chi connectivity index (χ3n) is 5.48. The van der Waals surface area contributed by atoms with Crippen molar-refractivity contribution in [1.82, 2.24) is 0 Å². The van der Waals surface area contributed by atoms with Crippen molar-refractivity contribution in [2.24, 2.45) is 0 Å². The predicted octanol–water partition coefficient (Wildman–Crippen LogP) is 5.19. The second kappa shape index (κ2) is 7.55. The summed E-state index contributed by atoms with van der Waals surface area (Å²) in [5.41, 5.74) is 0.795. The van der Waals surface area contributed by atoms with E-state index in [9.17, 15) is 19.2 Å². The molecule has 2 aliphatic rings. The van der Waals surface area contributed by atoms with E-state index >= 15 is 0 Å². The van der Waals surface area contributed by atoms with Crippen LogP contribution >= 0.6 is 0 Å². The molecule has 0 fully saturated rings. The SMILES string of the molecule is CC(C)(C)c1cc(Oc2cccc3c2C(=O)OC3=O)ccc1Oc1cccc2c1C(=O)OC2=O. The van der Waals surface area contributed by atoms with Crippen molar-refractivity contribution in [3.05, 3.63) is 82.4 Å². The van der Waals surface area contributed by atoms with Crippen LogP contribution in [0, 0.1) is 0 Å². The van der Waals surface area contributed by atoms with E-state index < -0.39 is 29.3 Å². The number of carbonyl (C=O) groups is 4. The van der Waals surface area contributed by atoms with Gasteiger partial charge in [0, 0.05) is 5.56 Å². The molecule has 0 saturated heterocycles. The fraction of sp³-hybridized carbons (Fsp3) is 0.154. The largest absolute Gasteiger partial charge is 0.456 e. The molecule has 8 nitrogen and oxygen atoms in total. The Balaban J connectivity index is 1.53. The number of carbonyl (C=O) groups excluding carboxylic acids is 4. The van der Waals surface area contributed by atoms with Gasteiger partial charge in [0.2, 0.25) is 0 Å². The molecule has 0 amide bonds. The first-order chi connectivity index (χ1) is 16.1. The van der Waals surface area contributed by atoms with Crippen LogP contribution in [0.25, 0.3) is 0 Å². The molecule has 0 aliphatic carbocycles. The quantitative estimate of drug-likeness (QED) is 0.389. The van der Waals surface area contributed by atoms with Crippen LogP contribution in [0.2, 0.25) is 0 Å². The number of ether oxygens (including phenoxy) is 4. The lowest BCUT2D eigenvalue weighted by atomic mass is 9.86. The average Bonchev–Trinajstić information content (AvgIpc) is 3.24. The second-order valence-electron chi connectivity index (χ2n) is 8.82. The molecule has 0 unspecified atom stereocenters. The lowest BCUT2D eigenvalue weighted by Gasteiger charge is -2.24. The molecule has 2 aliphatic heterocycles. The van der Waals surface area contributed by atoms with Gasteiger partial charge in [0.1, 0.15) is 34.1 Å². The molecule has 3 aromatic rings. The minimum atomic E-state index is -0.758. The number of benzene rings is 3. The first-order valence-corrected chi connectivity index (χ1v) is 10.4. The molecule has 2 heterocycles. The van der Waals surface area contributed by atoms with Gasteiger partial charge in [0.15, 0.2) is 0 Å². The van der Waals surface area contributed by atoms with Gasteiger partial charge < -0.3 is 18.9 Å². The fourth-order valence-electron chi connectivity index (χ4n) is 3.87. The van der Waals surface area contributed by atoms with Gasteiger partial charge in [-0.25, -0.2) is 19.2 Å². The number of hydrogen-bond acceptors (Lipinski definition) is 8. The molecule has 0 saturated carbocycles. The molecular weight excluding hydrogens is 440 g/mol. The molecule has 8 heteroatoms. The van der Waals surface area contributed by atoms with E-state index in [1.165, 1.54) is 12.1 Å². The minimum absolute atomic E-state index is 0.0770. The summed E-state index contributed by atoms with van der Waals surface area (Å²) < 4.78 is 21.4. The van der Waals surface area contributed by atoms with Crippen molar-refractivity contribution in [1.29, 1.82) is 0 Å². The maximum atomic E-state index is 12.2. The van der Waals surface area contributed by atoms with Crippen LogP contribution < -0.4 is 9.47 Å². The number of rotatable bonds is 4. The van der Waals surface area contributed by atoms with Gasteiger partial charge in [-0.3, -0.25) is 0 Å². The van der Waals surface area contributed by atoms with Crippen LogP contribution in [0.1, 0.15) is 67.8 Å². The van der Waals surface area contributed by atoms with Gasteiger partial charge in [0.05, 0.1) is 11.1 Å².